The van der Waals surface area contributed by atoms with Crippen molar-refractivity contribution in [3.05, 3.63) is 35.4 Å². The normalized spacial score (nSPS) is 25.6. The fourth-order valence-electron chi connectivity index (χ4n) is 3.17. The van der Waals surface area contributed by atoms with Crippen LogP contribution >= 0.6 is 0 Å². The van der Waals surface area contributed by atoms with Crippen molar-refractivity contribution in [1.29, 1.82) is 0 Å². The second kappa shape index (κ2) is 4.73. The maximum Gasteiger partial charge on any atom is 0.251 e. The highest BCUT2D eigenvalue weighted by molar-refractivity contribution is 5.97. The van der Waals surface area contributed by atoms with Gasteiger partial charge >= 0.3 is 0 Å². The SMILES string of the molecule is CN1CCC(C2Cc3ccccc3C(=O)N2)CC1. The number of rotatable bonds is 1. The molecule has 1 N–H and O–H groups in total. The second-order valence-electron chi connectivity index (χ2n) is 5.58. The molecule has 1 aromatic carbocycles. The van der Waals surface area contributed by atoms with Gasteiger partial charge < -0.3 is 10.2 Å². The molecule has 1 atom stereocenters. The van der Waals surface area contributed by atoms with E-state index in [-0.39, 0.29) is 5.91 Å². The van der Waals surface area contributed by atoms with Gasteiger partial charge in [-0.2, -0.15) is 0 Å². The summed E-state index contributed by atoms with van der Waals surface area (Å²) in [6.45, 7) is 2.30. The zero-order valence-corrected chi connectivity index (χ0v) is 10.9. The van der Waals surface area contributed by atoms with E-state index in [0.717, 1.165) is 25.1 Å². The lowest BCUT2D eigenvalue weighted by Crippen LogP contribution is -2.48. The molecule has 2 aliphatic rings. The minimum absolute atomic E-state index is 0.112. The summed E-state index contributed by atoms with van der Waals surface area (Å²) < 4.78 is 0. The second-order valence-corrected chi connectivity index (χ2v) is 5.58. The van der Waals surface area contributed by atoms with Crippen LogP contribution in [0.25, 0.3) is 0 Å². The van der Waals surface area contributed by atoms with Crippen molar-refractivity contribution in [2.75, 3.05) is 20.1 Å². The molecule has 96 valence electrons. The Hall–Kier alpha value is -1.35. The summed E-state index contributed by atoms with van der Waals surface area (Å²) in [4.78, 5) is 14.5. The molecule has 0 aromatic heterocycles. The standard InChI is InChI=1S/C15H20N2O/c1-17-8-6-11(7-9-17)14-10-12-4-2-3-5-13(12)15(18)16-14/h2-5,11,14H,6-10H2,1H3,(H,16,18). The molecule has 1 unspecified atom stereocenters. The quantitative estimate of drug-likeness (QED) is 0.815. The van der Waals surface area contributed by atoms with E-state index in [2.05, 4.69) is 23.3 Å². The average molecular weight is 244 g/mol. The summed E-state index contributed by atoms with van der Waals surface area (Å²) >= 11 is 0. The summed E-state index contributed by atoms with van der Waals surface area (Å²) in [6.07, 6.45) is 3.39. The number of carbonyl (C=O) groups excluding carboxylic acids is 1. The highest BCUT2D eigenvalue weighted by Crippen LogP contribution is 2.26. The Morgan fingerprint density at radius 2 is 1.94 bits per heavy atom. The number of nitrogens with one attached hydrogen (secondary N) is 1. The van der Waals surface area contributed by atoms with E-state index in [9.17, 15) is 4.79 Å². The minimum atomic E-state index is 0.112. The molecule has 1 saturated heterocycles. The maximum atomic E-state index is 12.1. The van der Waals surface area contributed by atoms with Crippen LogP contribution in [0.15, 0.2) is 24.3 Å². The topological polar surface area (TPSA) is 32.3 Å². The molecule has 3 heteroatoms. The van der Waals surface area contributed by atoms with Gasteiger partial charge in [0.2, 0.25) is 0 Å². The largest absolute Gasteiger partial charge is 0.349 e. The third-order valence-electron chi connectivity index (χ3n) is 4.35. The summed E-state index contributed by atoms with van der Waals surface area (Å²) in [5, 5.41) is 3.20. The first-order valence-corrected chi connectivity index (χ1v) is 6.81. The van der Waals surface area contributed by atoms with Gasteiger partial charge in [-0.05, 0) is 56.9 Å². The van der Waals surface area contributed by atoms with E-state index in [4.69, 9.17) is 0 Å². The van der Waals surface area contributed by atoms with Gasteiger partial charge in [0.15, 0.2) is 0 Å². The predicted molar refractivity (Wildman–Crippen MR) is 71.6 cm³/mol. The molecule has 18 heavy (non-hydrogen) atoms. The number of nitrogens with zero attached hydrogens (tertiary/aromatic N) is 1. The van der Waals surface area contributed by atoms with Gasteiger partial charge in [0.1, 0.15) is 0 Å². The molecular weight excluding hydrogens is 224 g/mol. The van der Waals surface area contributed by atoms with Gasteiger partial charge in [0.05, 0.1) is 0 Å². The zero-order valence-electron chi connectivity index (χ0n) is 10.9. The number of fused-ring (bicyclic) bond motifs is 1. The zero-order chi connectivity index (χ0) is 12.5. The van der Waals surface area contributed by atoms with Crippen LogP contribution in [0.5, 0.6) is 0 Å². The van der Waals surface area contributed by atoms with E-state index in [1.165, 1.54) is 18.4 Å². The van der Waals surface area contributed by atoms with Crippen molar-refractivity contribution in [3.8, 4) is 0 Å². The third kappa shape index (κ3) is 2.15. The van der Waals surface area contributed by atoms with E-state index in [0.29, 0.717) is 12.0 Å². The van der Waals surface area contributed by atoms with Gasteiger partial charge in [-0.25, -0.2) is 0 Å². The molecule has 3 rings (SSSR count). The molecule has 0 spiro atoms. The number of hydrogen-bond acceptors (Lipinski definition) is 2. The van der Waals surface area contributed by atoms with Gasteiger partial charge in [-0.15, -0.1) is 0 Å². The van der Waals surface area contributed by atoms with Crippen LogP contribution in [-0.4, -0.2) is 37.0 Å². The minimum Gasteiger partial charge on any atom is -0.349 e. The summed E-state index contributed by atoms with van der Waals surface area (Å²) in [7, 11) is 2.17. The van der Waals surface area contributed by atoms with Crippen LogP contribution in [0.4, 0.5) is 0 Å². The van der Waals surface area contributed by atoms with Gasteiger partial charge in [-0.3, -0.25) is 4.79 Å². The lowest BCUT2D eigenvalue weighted by molar-refractivity contribution is 0.0883. The van der Waals surface area contributed by atoms with Crippen LogP contribution in [0.3, 0.4) is 0 Å². The number of likely N-dealkylation sites (tertiary alicyclic amines) is 1. The smallest absolute Gasteiger partial charge is 0.251 e. The Labute approximate surface area is 108 Å². The van der Waals surface area contributed by atoms with Crippen molar-refractivity contribution in [3.63, 3.8) is 0 Å². The molecule has 1 fully saturated rings. The van der Waals surface area contributed by atoms with E-state index in [1.54, 1.807) is 0 Å². The highest BCUT2D eigenvalue weighted by Gasteiger charge is 2.31. The first-order chi connectivity index (χ1) is 8.74. The van der Waals surface area contributed by atoms with Crippen molar-refractivity contribution >= 4 is 5.91 Å². The molecule has 0 aliphatic carbocycles. The average Bonchev–Trinajstić information content (AvgIpc) is 2.39. The number of carbonyl (C=O) groups is 1. The molecule has 0 radical (unpaired) electrons. The fraction of sp³-hybridized carbons (Fsp3) is 0.533. The van der Waals surface area contributed by atoms with Crippen molar-refractivity contribution in [2.24, 2.45) is 5.92 Å². The number of benzene rings is 1. The molecule has 0 saturated carbocycles. The van der Waals surface area contributed by atoms with Crippen LogP contribution in [-0.2, 0) is 6.42 Å². The van der Waals surface area contributed by atoms with Gasteiger partial charge in [-0.1, -0.05) is 18.2 Å². The van der Waals surface area contributed by atoms with Gasteiger partial charge in [0.25, 0.3) is 5.91 Å². The Morgan fingerprint density at radius 3 is 2.72 bits per heavy atom. The Bertz CT molecular complexity index is 450. The summed E-state index contributed by atoms with van der Waals surface area (Å²) in [6, 6.07) is 8.32. The van der Waals surface area contributed by atoms with E-state index >= 15 is 0 Å². The maximum absolute atomic E-state index is 12.1. The Balaban J connectivity index is 1.76. The molecule has 0 bridgehead atoms. The number of amides is 1. The fourth-order valence-corrected chi connectivity index (χ4v) is 3.17. The lowest BCUT2D eigenvalue weighted by Gasteiger charge is -2.37. The summed E-state index contributed by atoms with van der Waals surface area (Å²) in [5.74, 6) is 0.749. The van der Waals surface area contributed by atoms with Crippen LogP contribution in [0.2, 0.25) is 0 Å². The third-order valence-corrected chi connectivity index (χ3v) is 4.35. The molecular formula is C15H20N2O. The Morgan fingerprint density at radius 1 is 1.22 bits per heavy atom. The van der Waals surface area contributed by atoms with Crippen molar-refractivity contribution in [1.82, 2.24) is 10.2 Å². The van der Waals surface area contributed by atoms with E-state index < -0.39 is 0 Å². The van der Waals surface area contributed by atoms with Crippen LogP contribution in [0, 0.1) is 5.92 Å². The molecule has 2 heterocycles. The van der Waals surface area contributed by atoms with Crippen LogP contribution in [0.1, 0.15) is 28.8 Å². The Kier molecular flexibility index (Phi) is 3.08. The number of hydrogen-bond donors (Lipinski definition) is 1. The van der Waals surface area contributed by atoms with Crippen molar-refractivity contribution < 1.29 is 4.79 Å². The molecule has 1 amide bonds. The van der Waals surface area contributed by atoms with Crippen molar-refractivity contribution in [2.45, 2.75) is 25.3 Å². The summed E-state index contributed by atoms with van der Waals surface area (Å²) in [5.41, 5.74) is 2.08. The molecule has 2 aliphatic heterocycles. The predicted octanol–water partition coefficient (Wildman–Crippen LogP) is 1.68. The van der Waals surface area contributed by atoms with E-state index in [1.807, 2.05) is 18.2 Å². The first-order valence-electron chi connectivity index (χ1n) is 6.81. The van der Waals surface area contributed by atoms with Crippen LogP contribution < -0.4 is 5.32 Å². The highest BCUT2D eigenvalue weighted by atomic mass is 16.1. The number of piperidine rings is 1. The molecule has 1 aromatic rings. The van der Waals surface area contributed by atoms with Gasteiger partial charge in [0, 0.05) is 11.6 Å². The first kappa shape index (κ1) is 11.7. The lowest BCUT2D eigenvalue weighted by atomic mass is 9.83. The monoisotopic (exact) mass is 244 g/mol. The molecule has 3 nitrogen and oxygen atoms in total.